The molecule has 13 heteroatoms. The lowest BCUT2D eigenvalue weighted by Crippen LogP contribution is -2.67. The summed E-state index contributed by atoms with van der Waals surface area (Å²) < 4.78 is 27.9. The molecule has 6 aliphatic rings. The Morgan fingerprint density at radius 2 is 1.34 bits per heavy atom. The Bertz CT molecular complexity index is 1820. The van der Waals surface area contributed by atoms with E-state index in [1.807, 2.05) is 17.5 Å². The Morgan fingerprint density at radius 1 is 0.840 bits per heavy atom. The molecule has 2 aromatic heterocycles. The third-order valence-corrected chi connectivity index (χ3v) is 14.4. The summed E-state index contributed by atoms with van der Waals surface area (Å²) in [5.41, 5.74) is 6.50. The maximum Gasteiger partial charge on any atom is 0.373 e. The van der Waals surface area contributed by atoms with Crippen LogP contribution in [0.1, 0.15) is 69.5 Å². The first kappa shape index (κ1) is 40.8. The van der Waals surface area contributed by atoms with Gasteiger partial charge in [-0.05, 0) is 138 Å². The minimum Gasteiger partial charge on any atom is -0.326 e. The van der Waals surface area contributed by atoms with Crippen LogP contribution < -0.4 is 5.73 Å². The zero-order valence-corrected chi connectivity index (χ0v) is 32.6. The predicted molar refractivity (Wildman–Crippen MR) is 203 cm³/mol. The van der Waals surface area contributed by atoms with Crippen LogP contribution in [0, 0.1) is 29.4 Å². The van der Waals surface area contributed by atoms with Gasteiger partial charge in [0.25, 0.3) is 0 Å². The number of carbonyl (C=O) groups excluding carboxylic acids is 3. The number of hydrogen-bond donors (Lipinski definition) is 1. The van der Waals surface area contributed by atoms with Crippen molar-refractivity contribution in [2.24, 2.45) is 23.5 Å². The van der Waals surface area contributed by atoms with Crippen LogP contribution in [0.5, 0.6) is 0 Å². The second kappa shape index (κ2) is 16.8. The molecule has 6 saturated heterocycles. The summed E-state index contributed by atoms with van der Waals surface area (Å²) in [5, 5.41) is 4.11. The molecule has 0 aliphatic carbocycles. The molecule has 0 saturated carbocycles. The molecule has 4 aromatic rings. The normalized spacial score (nSPS) is 26.7. The first-order valence-electron chi connectivity index (χ1n) is 16.7. The van der Waals surface area contributed by atoms with Gasteiger partial charge in [0, 0.05) is 23.5 Å². The van der Waals surface area contributed by atoms with E-state index in [0.29, 0.717) is 33.9 Å². The first-order valence-corrected chi connectivity index (χ1v) is 19.1. The number of rotatable bonds is 3. The standard InChI is InChI=1S/C19H21ClFNOS.C9H18N2.C8H4ClFS.CO2.ClH/c1-19(2)13(11-5-7-22(19)8-6-11)10-15(23)16-9-12-3-4-14(21)17(20)18(12)24-16;1-9(2)8(10)7-3-5-11(9)6-4-7;9-7-6(10)2-1-5-3-4-11-8(5)7;2-1-3;/h3-4,9,11,13H,5-8,10H2,1-2H3;7-8H,3-6,10H2,1-2H3;1-4H;;1H/t13-;8-;;;/m11.../s1. The van der Waals surface area contributed by atoms with E-state index in [9.17, 15) is 13.6 Å². The fourth-order valence-electron chi connectivity index (χ4n) is 8.18. The number of halogens is 5. The number of benzene rings is 2. The maximum absolute atomic E-state index is 13.6. The lowest BCUT2D eigenvalue weighted by atomic mass is 9.65. The van der Waals surface area contributed by atoms with Crippen LogP contribution in [0.2, 0.25) is 10.0 Å². The SMILES string of the molecule is CC1(C)[C@H](CC(=O)c2cc3ccc(F)c(Cl)c3s2)C2CCN1CC2.CC1(C)[C@H](N)C2CCN1CC2.Cl.Fc1ccc2ccsc2c1Cl.O=C=O. The highest BCUT2D eigenvalue weighted by molar-refractivity contribution is 7.21. The highest BCUT2D eigenvalue weighted by Crippen LogP contribution is 2.46. The Hall–Kier alpha value is -1.98. The van der Waals surface area contributed by atoms with Crippen molar-refractivity contribution in [3.05, 3.63) is 68.3 Å². The summed E-state index contributed by atoms with van der Waals surface area (Å²) in [6.45, 7) is 13.9. The third-order valence-electron chi connectivity index (χ3n) is 11.3. The van der Waals surface area contributed by atoms with Crippen LogP contribution in [0.3, 0.4) is 0 Å². The van der Waals surface area contributed by atoms with Crippen molar-refractivity contribution in [1.29, 1.82) is 0 Å². The number of ketones is 1. The zero-order chi connectivity index (χ0) is 35.7. The summed E-state index contributed by atoms with van der Waals surface area (Å²) in [6.07, 6.45) is 5.87. The molecular weight excluding hydrogens is 743 g/mol. The van der Waals surface area contributed by atoms with Crippen molar-refractivity contribution in [2.45, 2.75) is 76.9 Å². The summed E-state index contributed by atoms with van der Waals surface area (Å²) >= 11 is 14.5. The van der Waals surface area contributed by atoms with Crippen molar-refractivity contribution in [2.75, 3.05) is 26.2 Å². The van der Waals surface area contributed by atoms with Gasteiger partial charge in [-0.2, -0.15) is 9.59 Å². The second-order valence-electron chi connectivity index (χ2n) is 14.4. The van der Waals surface area contributed by atoms with Crippen LogP contribution in [0.25, 0.3) is 20.2 Å². The molecule has 6 aliphatic heterocycles. The van der Waals surface area contributed by atoms with Gasteiger partial charge in [0.15, 0.2) is 5.78 Å². The van der Waals surface area contributed by atoms with Crippen LogP contribution in [0.4, 0.5) is 8.78 Å². The molecule has 6 fully saturated rings. The first-order chi connectivity index (χ1) is 23.2. The number of piperidine rings is 6. The van der Waals surface area contributed by atoms with Gasteiger partial charge in [-0.25, -0.2) is 8.78 Å². The van der Waals surface area contributed by atoms with E-state index in [0.717, 1.165) is 34.5 Å². The monoisotopic (exact) mass is 785 g/mol. The highest BCUT2D eigenvalue weighted by atomic mass is 35.5. The topological polar surface area (TPSA) is 83.7 Å². The molecule has 0 unspecified atom stereocenters. The highest BCUT2D eigenvalue weighted by Gasteiger charge is 2.48. The van der Waals surface area contributed by atoms with E-state index in [1.165, 1.54) is 73.6 Å². The van der Waals surface area contributed by atoms with E-state index in [-0.39, 0.29) is 51.3 Å². The molecule has 50 heavy (non-hydrogen) atoms. The third kappa shape index (κ3) is 8.30. The van der Waals surface area contributed by atoms with E-state index < -0.39 is 5.82 Å². The lowest BCUT2D eigenvalue weighted by molar-refractivity contribution is -0.191. The van der Waals surface area contributed by atoms with Crippen molar-refractivity contribution >= 4 is 90.4 Å². The molecule has 10 rings (SSSR count). The Balaban J connectivity index is 0.000000180. The van der Waals surface area contributed by atoms with Gasteiger partial charge in [-0.1, -0.05) is 35.3 Å². The summed E-state index contributed by atoms with van der Waals surface area (Å²) in [7, 11) is 0. The van der Waals surface area contributed by atoms with E-state index in [4.69, 9.17) is 38.5 Å². The fraction of sp³-hybridized carbons (Fsp3) is 0.514. The molecule has 0 radical (unpaired) electrons. The van der Waals surface area contributed by atoms with Crippen LogP contribution in [-0.2, 0) is 9.59 Å². The fourth-order valence-corrected chi connectivity index (χ4v) is 10.6. The van der Waals surface area contributed by atoms with Crippen molar-refractivity contribution < 1.29 is 23.2 Å². The molecule has 2 N–H and O–H groups in total. The van der Waals surface area contributed by atoms with Crippen molar-refractivity contribution in [1.82, 2.24) is 9.80 Å². The van der Waals surface area contributed by atoms with Crippen molar-refractivity contribution in [3.8, 4) is 0 Å². The summed E-state index contributed by atoms with van der Waals surface area (Å²) in [6, 6.07) is 10.4. The second-order valence-corrected chi connectivity index (χ2v) is 17.1. The Kier molecular flexibility index (Phi) is 13.7. The number of nitrogens with two attached hydrogens (primary N) is 1. The number of carbonyl (C=O) groups is 1. The Labute approximate surface area is 316 Å². The molecule has 272 valence electrons. The molecule has 4 bridgehead atoms. The quantitative estimate of drug-likeness (QED) is 0.208. The van der Waals surface area contributed by atoms with Crippen molar-refractivity contribution in [3.63, 3.8) is 0 Å². The number of thiophene rings is 2. The summed E-state index contributed by atoms with van der Waals surface area (Å²) in [5.74, 6) is 1.23. The van der Waals surface area contributed by atoms with Crippen LogP contribution in [-0.4, -0.2) is 65.0 Å². The number of hydrogen-bond acceptors (Lipinski definition) is 8. The molecular formula is C37H44Cl3F2N3O3S2. The van der Waals surface area contributed by atoms with E-state index in [2.05, 4.69) is 37.5 Å². The van der Waals surface area contributed by atoms with Gasteiger partial charge in [0.05, 0.1) is 24.3 Å². The lowest BCUT2D eigenvalue weighted by Gasteiger charge is -2.56. The smallest absolute Gasteiger partial charge is 0.326 e. The van der Waals surface area contributed by atoms with Gasteiger partial charge in [-0.3, -0.25) is 14.6 Å². The summed E-state index contributed by atoms with van der Waals surface area (Å²) in [4.78, 5) is 34.9. The molecule has 6 nitrogen and oxygen atoms in total. The van der Waals surface area contributed by atoms with Gasteiger partial charge in [0.1, 0.15) is 11.6 Å². The van der Waals surface area contributed by atoms with Crippen LogP contribution in [0.15, 0.2) is 41.8 Å². The number of fused-ring (bicyclic) bond motifs is 8. The Morgan fingerprint density at radius 3 is 1.84 bits per heavy atom. The molecule has 2 atom stereocenters. The predicted octanol–water partition coefficient (Wildman–Crippen LogP) is 9.74. The van der Waals surface area contributed by atoms with Gasteiger partial charge in [0.2, 0.25) is 0 Å². The maximum atomic E-state index is 13.6. The molecule has 0 spiro atoms. The minimum absolute atomic E-state index is 0. The van der Waals surface area contributed by atoms with E-state index in [1.54, 1.807) is 12.1 Å². The zero-order valence-electron chi connectivity index (χ0n) is 28.6. The molecule has 8 heterocycles. The van der Waals surface area contributed by atoms with Gasteiger partial charge in [-0.15, -0.1) is 35.1 Å². The van der Waals surface area contributed by atoms with Gasteiger partial charge < -0.3 is 5.73 Å². The average molecular weight is 787 g/mol. The number of Topliss-reactive ketones (excluding diaryl/α,β-unsaturated/α-hetero) is 1. The molecule has 0 amide bonds. The largest absolute Gasteiger partial charge is 0.373 e. The van der Waals surface area contributed by atoms with Crippen LogP contribution >= 0.6 is 58.3 Å². The minimum atomic E-state index is -0.427. The van der Waals surface area contributed by atoms with Gasteiger partial charge >= 0.3 is 6.15 Å². The molecule has 2 aromatic carbocycles. The number of nitrogens with zero attached hydrogens (tertiary/aromatic N) is 2. The average Bonchev–Trinajstić information content (AvgIpc) is 3.75. The van der Waals surface area contributed by atoms with E-state index >= 15 is 0 Å².